The lowest BCUT2D eigenvalue weighted by Crippen LogP contribution is -2.06. The molecule has 0 spiro atoms. The van der Waals surface area contributed by atoms with E-state index in [0.29, 0.717) is 28.9 Å². The van der Waals surface area contributed by atoms with Crippen LogP contribution in [0.4, 0.5) is 0 Å². The highest BCUT2D eigenvalue weighted by atomic mass is 35.5. The van der Waals surface area contributed by atoms with Gasteiger partial charge in [-0.1, -0.05) is 29.3 Å². The highest BCUT2D eigenvalue weighted by Gasteiger charge is 2.06. The van der Waals surface area contributed by atoms with Crippen molar-refractivity contribution in [1.82, 2.24) is 4.98 Å². The van der Waals surface area contributed by atoms with E-state index in [-0.39, 0.29) is 0 Å². The van der Waals surface area contributed by atoms with Crippen LogP contribution >= 0.6 is 23.2 Å². The Morgan fingerprint density at radius 2 is 2.06 bits per heavy atom. The van der Waals surface area contributed by atoms with Gasteiger partial charge in [-0.3, -0.25) is 4.98 Å². The fourth-order valence-electron chi connectivity index (χ4n) is 1.53. The molecule has 0 saturated carbocycles. The number of nitrogens with zero attached hydrogens (tertiary/aromatic N) is 1. The third-order valence-corrected chi connectivity index (χ3v) is 3.00. The van der Waals surface area contributed by atoms with Crippen molar-refractivity contribution in [2.75, 3.05) is 0 Å². The quantitative estimate of drug-likeness (QED) is 0.935. The van der Waals surface area contributed by atoms with Gasteiger partial charge in [0.05, 0.1) is 10.7 Å². The number of nitrogens with two attached hydrogens (primary N) is 1. The van der Waals surface area contributed by atoms with Crippen LogP contribution in [0.25, 0.3) is 0 Å². The van der Waals surface area contributed by atoms with E-state index in [1.165, 1.54) is 0 Å². The number of aromatic nitrogens is 1. The molecule has 0 radical (unpaired) electrons. The first kappa shape index (κ1) is 13.1. The van der Waals surface area contributed by atoms with E-state index >= 15 is 0 Å². The van der Waals surface area contributed by atoms with Gasteiger partial charge in [0.15, 0.2) is 0 Å². The van der Waals surface area contributed by atoms with E-state index in [1.54, 1.807) is 24.4 Å². The van der Waals surface area contributed by atoms with Crippen molar-refractivity contribution in [3.8, 4) is 5.75 Å². The second kappa shape index (κ2) is 6.05. The molecule has 1 aromatic carbocycles. The highest BCUT2D eigenvalue weighted by molar-refractivity contribution is 6.34. The lowest BCUT2D eigenvalue weighted by Gasteiger charge is -2.10. The van der Waals surface area contributed by atoms with Crippen molar-refractivity contribution in [2.24, 2.45) is 5.73 Å². The fraction of sp³-hybridized carbons (Fsp3) is 0.154. The Balaban J connectivity index is 2.14. The lowest BCUT2D eigenvalue weighted by atomic mass is 10.2. The van der Waals surface area contributed by atoms with Gasteiger partial charge in [-0.15, -0.1) is 0 Å². The normalized spacial score (nSPS) is 10.4. The van der Waals surface area contributed by atoms with Crippen LogP contribution in [-0.4, -0.2) is 4.98 Å². The predicted octanol–water partition coefficient (Wildman–Crippen LogP) is 3.43. The molecule has 0 bridgehead atoms. The zero-order valence-corrected chi connectivity index (χ0v) is 11.1. The zero-order chi connectivity index (χ0) is 13.0. The van der Waals surface area contributed by atoms with Crippen molar-refractivity contribution >= 4 is 23.2 Å². The summed E-state index contributed by atoms with van der Waals surface area (Å²) in [6, 6.07) is 8.87. The molecule has 2 N–H and O–H groups in total. The molecule has 0 aliphatic carbocycles. The van der Waals surface area contributed by atoms with Crippen LogP contribution in [0.5, 0.6) is 5.75 Å². The summed E-state index contributed by atoms with van der Waals surface area (Å²) in [6.45, 7) is 0.739. The molecule has 0 unspecified atom stereocenters. The molecule has 5 heteroatoms. The maximum atomic E-state index is 6.01. The van der Waals surface area contributed by atoms with E-state index < -0.39 is 0 Å². The molecule has 3 nitrogen and oxygen atoms in total. The summed E-state index contributed by atoms with van der Waals surface area (Å²) in [5.74, 6) is 0.552. The van der Waals surface area contributed by atoms with Gasteiger partial charge in [-0.25, -0.2) is 0 Å². The number of benzene rings is 1. The highest BCUT2D eigenvalue weighted by Crippen LogP contribution is 2.28. The van der Waals surface area contributed by atoms with Gasteiger partial charge in [0.25, 0.3) is 0 Å². The van der Waals surface area contributed by atoms with Gasteiger partial charge >= 0.3 is 0 Å². The standard InChI is InChI=1S/C13H12Cl2N2O/c14-10-3-4-11(15)13(6-10)18-8-9-2-1-5-17-12(9)7-16/h1-6H,7-8,16H2. The average molecular weight is 283 g/mol. The SMILES string of the molecule is NCc1ncccc1COc1cc(Cl)ccc1Cl. The molecule has 18 heavy (non-hydrogen) atoms. The zero-order valence-electron chi connectivity index (χ0n) is 9.57. The smallest absolute Gasteiger partial charge is 0.139 e. The Kier molecular flexibility index (Phi) is 4.42. The molecule has 0 amide bonds. The summed E-state index contributed by atoms with van der Waals surface area (Å²) in [7, 11) is 0. The Morgan fingerprint density at radius 1 is 1.22 bits per heavy atom. The Morgan fingerprint density at radius 3 is 2.83 bits per heavy atom. The maximum Gasteiger partial charge on any atom is 0.139 e. The summed E-state index contributed by atoms with van der Waals surface area (Å²) in [4.78, 5) is 4.19. The Bertz CT molecular complexity index is 546. The van der Waals surface area contributed by atoms with Crippen LogP contribution in [0, 0.1) is 0 Å². The van der Waals surface area contributed by atoms with Gasteiger partial charge < -0.3 is 10.5 Å². The van der Waals surface area contributed by atoms with Crippen molar-refractivity contribution in [3.05, 3.63) is 57.8 Å². The molecule has 94 valence electrons. The third-order valence-electron chi connectivity index (χ3n) is 2.45. The number of hydrogen-bond acceptors (Lipinski definition) is 3. The topological polar surface area (TPSA) is 48.1 Å². The minimum atomic E-state index is 0.362. The summed E-state index contributed by atoms with van der Waals surface area (Å²) >= 11 is 11.9. The largest absolute Gasteiger partial charge is 0.487 e. The summed E-state index contributed by atoms with van der Waals surface area (Å²) in [5.41, 5.74) is 7.36. The van der Waals surface area contributed by atoms with E-state index in [0.717, 1.165) is 11.3 Å². The van der Waals surface area contributed by atoms with Gasteiger partial charge in [0.2, 0.25) is 0 Å². The summed E-state index contributed by atoms with van der Waals surface area (Å²) < 4.78 is 5.63. The second-order valence-corrected chi connectivity index (χ2v) is 4.52. The summed E-state index contributed by atoms with van der Waals surface area (Å²) in [6.07, 6.45) is 1.71. The first-order chi connectivity index (χ1) is 8.70. The number of ether oxygens (including phenoxy) is 1. The van der Waals surface area contributed by atoms with Crippen LogP contribution in [0.15, 0.2) is 36.5 Å². The molecule has 0 aliphatic heterocycles. The van der Waals surface area contributed by atoms with Crippen LogP contribution < -0.4 is 10.5 Å². The second-order valence-electron chi connectivity index (χ2n) is 3.68. The minimum Gasteiger partial charge on any atom is -0.487 e. The molecule has 1 heterocycles. The van der Waals surface area contributed by atoms with Gasteiger partial charge in [0, 0.05) is 29.4 Å². The molecule has 0 atom stereocenters. The van der Waals surface area contributed by atoms with Crippen LogP contribution in [0.3, 0.4) is 0 Å². The molecule has 0 fully saturated rings. The van der Waals surface area contributed by atoms with Crippen molar-refractivity contribution in [3.63, 3.8) is 0 Å². The monoisotopic (exact) mass is 282 g/mol. The molecule has 0 aliphatic rings. The Hall–Kier alpha value is -1.29. The lowest BCUT2D eigenvalue weighted by molar-refractivity contribution is 0.304. The van der Waals surface area contributed by atoms with Crippen molar-refractivity contribution < 1.29 is 4.74 Å². The van der Waals surface area contributed by atoms with E-state index in [1.807, 2.05) is 12.1 Å². The molecular formula is C13H12Cl2N2O. The third kappa shape index (κ3) is 3.13. The number of halogens is 2. The van der Waals surface area contributed by atoms with E-state index in [4.69, 9.17) is 33.7 Å². The Labute approximate surface area is 115 Å². The molecule has 2 rings (SSSR count). The molecule has 1 aromatic heterocycles. The predicted molar refractivity (Wildman–Crippen MR) is 72.9 cm³/mol. The number of rotatable bonds is 4. The van der Waals surface area contributed by atoms with Gasteiger partial charge in [-0.2, -0.15) is 0 Å². The molecule has 0 saturated heterocycles. The average Bonchev–Trinajstić information content (AvgIpc) is 2.40. The van der Waals surface area contributed by atoms with Crippen LogP contribution in [0.2, 0.25) is 10.0 Å². The minimum absolute atomic E-state index is 0.362. The van der Waals surface area contributed by atoms with Crippen LogP contribution in [-0.2, 0) is 13.2 Å². The van der Waals surface area contributed by atoms with Crippen molar-refractivity contribution in [1.29, 1.82) is 0 Å². The van der Waals surface area contributed by atoms with E-state index in [2.05, 4.69) is 4.98 Å². The van der Waals surface area contributed by atoms with Gasteiger partial charge in [-0.05, 0) is 18.2 Å². The first-order valence-corrected chi connectivity index (χ1v) is 6.17. The molecule has 2 aromatic rings. The number of pyridine rings is 1. The maximum absolute atomic E-state index is 6.01. The first-order valence-electron chi connectivity index (χ1n) is 5.41. The fourth-order valence-corrected chi connectivity index (χ4v) is 1.86. The van der Waals surface area contributed by atoms with Gasteiger partial charge in [0.1, 0.15) is 12.4 Å². The van der Waals surface area contributed by atoms with E-state index in [9.17, 15) is 0 Å². The van der Waals surface area contributed by atoms with Crippen molar-refractivity contribution in [2.45, 2.75) is 13.2 Å². The summed E-state index contributed by atoms with van der Waals surface area (Å²) in [5, 5.41) is 1.11. The number of hydrogen-bond donors (Lipinski definition) is 1. The molecular weight excluding hydrogens is 271 g/mol. The van der Waals surface area contributed by atoms with Crippen LogP contribution in [0.1, 0.15) is 11.3 Å².